The zero-order chi connectivity index (χ0) is 24.3. The lowest BCUT2D eigenvalue weighted by atomic mass is 9.93. The molecule has 0 saturated carbocycles. The highest BCUT2D eigenvalue weighted by atomic mass is 32.2. The fourth-order valence-corrected chi connectivity index (χ4v) is 5.14. The quantitative estimate of drug-likeness (QED) is 0.397. The molecule has 0 spiro atoms. The van der Waals surface area contributed by atoms with Crippen LogP contribution in [0.4, 0.5) is 0 Å². The van der Waals surface area contributed by atoms with Crippen molar-refractivity contribution in [3.63, 3.8) is 0 Å². The molecule has 10 heteroatoms. The van der Waals surface area contributed by atoms with Gasteiger partial charge in [0.05, 0.1) is 17.6 Å². The maximum Gasteiger partial charge on any atom is 0.342 e. The first kappa shape index (κ1) is 23.9. The molecule has 0 fully saturated rings. The highest BCUT2D eigenvalue weighted by Gasteiger charge is 2.36. The van der Waals surface area contributed by atoms with Gasteiger partial charge in [0.15, 0.2) is 5.03 Å². The molecule has 0 amide bonds. The first-order valence-electron chi connectivity index (χ1n) is 9.77. The van der Waals surface area contributed by atoms with E-state index < -0.39 is 38.5 Å². The van der Waals surface area contributed by atoms with Crippen molar-refractivity contribution >= 4 is 27.3 Å². The number of carbonyl (C=O) groups is 2. The van der Waals surface area contributed by atoms with E-state index in [2.05, 4.69) is 5.10 Å². The lowest BCUT2D eigenvalue weighted by Gasteiger charge is -2.15. The van der Waals surface area contributed by atoms with Crippen LogP contribution in [0.15, 0.2) is 70.6 Å². The van der Waals surface area contributed by atoms with Crippen LogP contribution in [0.5, 0.6) is 0 Å². The zero-order valence-corrected chi connectivity index (χ0v) is 18.9. The molecule has 1 atom stereocenters. The number of carboxylic acid groups (broad SMARTS) is 1. The maximum absolute atomic E-state index is 13.3. The van der Waals surface area contributed by atoms with Gasteiger partial charge in [-0.15, -0.1) is 0 Å². The van der Waals surface area contributed by atoms with Gasteiger partial charge in [-0.3, -0.25) is 4.68 Å². The van der Waals surface area contributed by atoms with Gasteiger partial charge in [0.2, 0.25) is 9.84 Å². The molecule has 9 nitrogen and oxygen atoms in total. The first-order chi connectivity index (χ1) is 15.6. The van der Waals surface area contributed by atoms with Crippen LogP contribution in [0.25, 0.3) is 5.57 Å². The molecule has 33 heavy (non-hydrogen) atoms. The van der Waals surface area contributed by atoms with Crippen LogP contribution in [0.1, 0.15) is 40.2 Å². The predicted octanol–water partition coefficient (Wildman–Crippen LogP) is 2.61. The van der Waals surface area contributed by atoms with Gasteiger partial charge in [0.1, 0.15) is 17.4 Å². The van der Waals surface area contributed by atoms with Gasteiger partial charge >= 0.3 is 11.9 Å². The Hall–Kier alpha value is -3.76. The number of benzene rings is 2. The number of hydrogen-bond acceptors (Lipinski definition) is 7. The lowest BCUT2D eigenvalue weighted by molar-refractivity contribution is -0.130. The van der Waals surface area contributed by atoms with E-state index in [4.69, 9.17) is 4.74 Å². The number of carbonyl (C=O) groups excluding carboxylic acids is 1. The summed E-state index contributed by atoms with van der Waals surface area (Å²) in [5.74, 6) is -2.22. The van der Waals surface area contributed by atoms with Crippen molar-refractivity contribution in [2.24, 2.45) is 7.05 Å². The highest BCUT2D eigenvalue weighted by molar-refractivity contribution is 7.91. The number of aliphatic hydroxyl groups excluding tert-OH is 1. The van der Waals surface area contributed by atoms with Gasteiger partial charge in [-0.1, -0.05) is 48.5 Å². The summed E-state index contributed by atoms with van der Waals surface area (Å²) in [6.45, 7) is 1.54. The number of allylic oxidation sites excluding steroid dienone is 1. The van der Waals surface area contributed by atoms with Crippen LogP contribution >= 0.6 is 0 Å². The van der Waals surface area contributed by atoms with Crippen molar-refractivity contribution < 1.29 is 33.0 Å². The van der Waals surface area contributed by atoms with Crippen LogP contribution in [0.3, 0.4) is 0 Å². The Bertz CT molecular complexity index is 1340. The number of nitrogens with zero attached hydrogens (tertiary/aromatic N) is 2. The van der Waals surface area contributed by atoms with E-state index in [0.717, 1.165) is 11.8 Å². The van der Waals surface area contributed by atoms with Gasteiger partial charge in [-0.2, -0.15) is 5.10 Å². The Kier molecular flexibility index (Phi) is 6.80. The molecular weight excluding hydrogens is 448 g/mol. The summed E-state index contributed by atoms with van der Waals surface area (Å²) >= 11 is 0. The largest absolute Gasteiger partial charge is 0.478 e. The standard InChI is InChI=1S/C23H22N2O7S/c1-4-15(22(27)28)16-12-8-9-13-17(16)20(26)19-18(23(29)32-3)21(25(2)24-19)33(30,31)14-10-6-5-7-11-14/h4-13,20,26H,1-3H3,(H,27,28)/b15-4+. The van der Waals surface area contributed by atoms with Crippen molar-refractivity contribution in [1.29, 1.82) is 0 Å². The van der Waals surface area contributed by atoms with E-state index in [9.17, 15) is 28.2 Å². The van der Waals surface area contributed by atoms with Crippen molar-refractivity contribution in [3.05, 3.63) is 83.1 Å². The fraction of sp³-hybridized carbons (Fsp3) is 0.174. The topological polar surface area (TPSA) is 136 Å². The summed E-state index contributed by atoms with van der Waals surface area (Å²) in [7, 11) is -1.80. The second-order valence-electron chi connectivity index (χ2n) is 6.99. The molecule has 172 valence electrons. The summed E-state index contributed by atoms with van der Waals surface area (Å²) in [4.78, 5) is 24.3. The van der Waals surface area contributed by atoms with Crippen LogP contribution in [-0.2, 0) is 26.4 Å². The fourth-order valence-electron chi connectivity index (χ4n) is 3.56. The zero-order valence-electron chi connectivity index (χ0n) is 18.1. The number of aryl methyl sites for hydroxylation is 1. The third kappa shape index (κ3) is 4.30. The highest BCUT2D eigenvalue weighted by Crippen LogP contribution is 2.34. The molecule has 0 aliphatic heterocycles. The molecule has 0 saturated heterocycles. The van der Waals surface area contributed by atoms with Crippen molar-refractivity contribution in [3.8, 4) is 0 Å². The number of aromatic nitrogens is 2. The Labute approximate surface area is 190 Å². The number of hydrogen-bond donors (Lipinski definition) is 2. The Morgan fingerprint density at radius 3 is 2.27 bits per heavy atom. The average Bonchev–Trinajstić information content (AvgIpc) is 3.17. The number of sulfone groups is 1. The van der Waals surface area contributed by atoms with Crippen LogP contribution in [-0.4, -0.2) is 47.5 Å². The summed E-state index contributed by atoms with van der Waals surface area (Å²) < 4.78 is 32.5. The van der Waals surface area contributed by atoms with Crippen molar-refractivity contribution in [2.45, 2.75) is 22.9 Å². The SMILES string of the molecule is C/C=C(/C(=O)O)c1ccccc1C(O)c1nn(C)c(S(=O)(=O)c2ccccc2)c1C(=O)OC. The molecule has 2 aromatic carbocycles. The molecule has 0 aliphatic carbocycles. The van der Waals surface area contributed by atoms with E-state index in [1.54, 1.807) is 18.2 Å². The van der Waals surface area contributed by atoms with Gasteiger partial charge in [-0.25, -0.2) is 18.0 Å². The number of aliphatic carboxylic acids is 1. The average molecular weight is 471 g/mol. The monoisotopic (exact) mass is 470 g/mol. The Balaban J connectivity index is 2.28. The minimum absolute atomic E-state index is 0.0679. The van der Waals surface area contributed by atoms with Crippen molar-refractivity contribution in [2.75, 3.05) is 7.11 Å². The number of esters is 1. The first-order valence-corrected chi connectivity index (χ1v) is 11.3. The number of carboxylic acids is 1. The lowest BCUT2D eigenvalue weighted by Crippen LogP contribution is -2.15. The smallest absolute Gasteiger partial charge is 0.342 e. The molecule has 2 N–H and O–H groups in total. The van der Waals surface area contributed by atoms with Crippen molar-refractivity contribution in [1.82, 2.24) is 9.78 Å². The summed E-state index contributed by atoms with van der Waals surface area (Å²) in [6, 6.07) is 13.6. The Morgan fingerprint density at radius 2 is 1.70 bits per heavy atom. The molecule has 1 aromatic heterocycles. The van der Waals surface area contributed by atoms with E-state index in [-0.39, 0.29) is 27.3 Å². The van der Waals surface area contributed by atoms with Crippen LogP contribution < -0.4 is 0 Å². The maximum atomic E-state index is 13.3. The summed E-state index contributed by atoms with van der Waals surface area (Å²) in [5, 5.41) is 24.4. The molecule has 0 bridgehead atoms. The van der Waals surface area contributed by atoms with Crippen LogP contribution in [0, 0.1) is 0 Å². The second-order valence-corrected chi connectivity index (χ2v) is 8.86. The molecule has 3 aromatic rings. The predicted molar refractivity (Wildman–Crippen MR) is 118 cm³/mol. The number of rotatable bonds is 7. The van der Waals surface area contributed by atoms with Gasteiger partial charge in [-0.05, 0) is 30.2 Å². The van der Waals surface area contributed by atoms with Gasteiger partial charge < -0.3 is 14.9 Å². The number of methoxy groups -OCH3 is 1. The van der Waals surface area contributed by atoms with Crippen LogP contribution in [0.2, 0.25) is 0 Å². The van der Waals surface area contributed by atoms with E-state index in [1.807, 2.05) is 0 Å². The molecule has 1 unspecified atom stereocenters. The molecule has 1 heterocycles. The summed E-state index contributed by atoms with van der Waals surface area (Å²) in [5.41, 5.74) is -0.429. The second kappa shape index (κ2) is 9.39. The van der Waals surface area contributed by atoms with Gasteiger partial charge in [0, 0.05) is 7.05 Å². The minimum atomic E-state index is -4.21. The third-order valence-electron chi connectivity index (χ3n) is 5.04. The molecule has 0 radical (unpaired) electrons. The summed E-state index contributed by atoms with van der Waals surface area (Å²) in [6.07, 6.45) is -0.241. The van der Waals surface area contributed by atoms with E-state index in [1.165, 1.54) is 56.4 Å². The third-order valence-corrected chi connectivity index (χ3v) is 6.91. The molecule has 3 rings (SSSR count). The van der Waals surface area contributed by atoms with E-state index >= 15 is 0 Å². The molecular formula is C23H22N2O7S. The van der Waals surface area contributed by atoms with Gasteiger partial charge in [0.25, 0.3) is 0 Å². The Morgan fingerprint density at radius 1 is 1.09 bits per heavy atom. The normalized spacial score (nSPS) is 12.9. The van der Waals surface area contributed by atoms with E-state index in [0.29, 0.717) is 0 Å². The minimum Gasteiger partial charge on any atom is -0.478 e. The number of ether oxygens (including phenoxy) is 1. The number of aliphatic hydroxyl groups is 1. The molecule has 0 aliphatic rings.